The summed E-state index contributed by atoms with van der Waals surface area (Å²) >= 11 is 0. The van der Waals surface area contributed by atoms with Gasteiger partial charge in [-0.15, -0.1) is 0 Å². The Balaban J connectivity index is 2.21. The first-order valence-electron chi connectivity index (χ1n) is 5.20. The van der Waals surface area contributed by atoms with Crippen molar-refractivity contribution in [3.05, 3.63) is 47.6 Å². The van der Waals surface area contributed by atoms with Gasteiger partial charge >= 0.3 is 0 Å². The molecule has 1 heterocycles. The van der Waals surface area contributed by atoms with Gasteiger partial charge in [-0.2, -0.15) is 0 Å². The van der Waals surface area contributed by atoms with Crippen LogP contribution in [0.4, 0.5) is 0 Å². The van der Waals surface area contributed by atoms with E-state index in [9.17, 15) is 5.11 Å². The summed E-state index contributed by atoms with van der Waals surface area (Å²) < 4.78 is 5.47. The van der Waals surface area contributed by atoms with Gasteiger partial charge in [0.2, 0.25) is 6.29 Å². The second-order valence-corrected chi connectivity index (χ2v) is 3.85. The summed E-state index contributed by atoms with van der Waals surface area (Å²) in [4.78, 5) is 0. The topological polar surface area (TPSA) is 29.5 Å². The van der Waals surface area contributed by atoms with Crippen LogP contribution in [-0.4, -0.2) is 11.4 Å². The zero-order chi connectivity index (χ0) is 10.3. The minimum Gasteiger partial charge on any atom is -0.460 e. The monoisotopic (exact) mass is 200 g/mol. The first-order chi connectivity index (χ1) is 7.36. The average Bonchev–Trinajstić information content (AvgIpc) is 2.30. The van der Waals surface area contributed by atoms with Gasteiger partial charge in [0, 0.05) is 11.1 Å². The van der Waals surface area contributed by atoms with Crippen LogP contribution in [0, 0.1) is 0 Å². The molecule has 1 aromatic rings. The van der Waals surface area contributed by atoms with Gasteiger partial charge in [0.15, 0.2) is 0 Å². The Morgan fingerprint density at radius 3 is 3.07 bits per heavy atom. The zero-order valence-corrected chi connectivity index (χ0v) is 8.31. The van der Waals surface area contributed by atoms with E-state index in [0.717, 1.165) is 35.3 Å². The molecule has 1 aromatic carbocycles. The third-order valence-corrected chi connectivity index (χ3v) is 2.92. The predicted molar refractivity (Wildman–Crippen MR) is 58.4 cm³/mol. The first kappa shape index (κ1) is 8.74. The molecule has 0 fully saturated rings. The Morgan fingerprint density at radius 2 is 2.13 bits per heavy atom. The van der Waals surface area contributed by atoms with Gasteiger partial charge in [-0.25, -0.2) is 0 Å². The molecule has 0 radical (unpaired) electrons. The Bertz CT molecular complexity index is 457. The average molecular weight is 200 g/mol. The van der Waals surface area contributed by atoms with Crippen LogP contribution in [0.3, 0.4) is 0 Å². The lowest BCUT2D eigenvalue weighted by atomic mass is 9.90. The summed E-state index contributed by atoms with van der Waals surface area (Å²) in [5.41, 5.74) is 3.24. The van der Waals surface area contributed by atoms with Crippen LogP contribution >= 0.6 is 0 Å². The van der Waals surface area contributed by atoms with Gasteiger partial charge in [0.25, 0.3) is 0 Å². The summed E-state index contributed by atoms with van der Waals surface area (Å²) in [7, 11) is 0. The lowest BCUT2D eigenvalue weighted by Crippen LogP contribution is -2.24. The molecule has 0 aromatic heterocycles. The molecule has 0 spiro atoms. The van der Waals surface area contributed by atoms with Crippen LogP contribution in [0.15, 0.2) is 42.0 Å². The number of aliphatic hydroxyl groups is 1. The number of hydrogen-bond acceptors (Lipinski definition) is 2. The number of hydrogen-bond donors (Lipinski definition) is 1. The fraction of sp³-hybridized carbons (Fsp3) is 0.231. The fourth-order valence-electron chi connectivity index (χ4n) is 2.18. The van der Waals surface area contributed by atoms with Crippen molar-refractivity contribution in [3.63, 3.8) is 0 Å². The molecular weight excluding hydrogens is 188 g/mol. The largest absolute Gasteiger partial charge is 0.460 e. The highest BCUT2D eigenvalue weighted by Crippen LogP contribution is 2.39. The molecule has 1 atom stereocenters. The van der Waals surface area contributed by atoms with E-state index in [1.54, 1.807) is 0 Å². The van der Waals surface area contributed by atoms with E-state index in [-0.39, 0.29) is 0 Å². The molecular formula is C13H12O2. The number of aliphatic hydroxyl groups excluding tert-OH is 1. The predicted octanol–water partition coefficient (Wildman–Crippen LogP) is 2.50. The molecule has 0 saturated carbocycles. The highest BCUT2D eigenvalue weighted by molar-refractivity contribution is 5.82. The fourth-order valence-corrected chi connectivity index (χ4v) is 2.18. The SMILES string of the molecule is OC1Oc2ccccc2C2=C1CCC=C2. The zero-order valence-electron chi connectivity index (χ0n) is 8.31. The van der Waals surface area contributed by atoms with Crippen molar-refractivity contribution in [2.45, 2.75) is 19.1 Å². The van der Waals surface area contributed by atoms with Crippen LogP contribution in [0.25, 0.3) is 5.57 Å². The number of ether oxygens (including phenoxy) is 1. The van der Waals surface area contributed by atoms with Crippen molar-refractivity contribution >= 4 is 5.57 Å². The van der Waals surface area contributed by atoms with E-state index in [1.807, 2.05) is 24.3 Å². The van der Waals surface area contributed by atoms with Crippen molar-refractivity contribution in [2.24, 2.45) is 0 Å². The van der Waals surface area contributed by atoms with Crippen molar-refractivity contribution < 1.29 is 9.84 Å². The standard InChI is InChI=1S/C13H12O2/c14-13-11-7-2-1-5-9(11)10-6-3-4-8-12(10)15-13/h1,3-6,8,13-14H,2,7H2. The van der Waals surface area contributed by atoms with E-state index in [0.29, 0.717) is 0 Å². The van der Waals surface area contributed by atoms with Gasteiger partial charge in [-0.1, -0.05) is 30.4 Å². The lowest BCUT2D eigenvalue weighted by Gasteiger charge is -2.28. The third-order valence-electron chi connectivity index (χ3n) is 2.92. The highest BCUT2D eigenvalue weighted by Gasteiger charge is 2.26. The molecule has 0 saturated heterocycles. The quantitative estimate of drug-likeness (QED) is 0.697. The smallest absolute Gasteiger partial charge is 0.221 e. The molecule has 2 aliphatic rings. The normalized spacial score (nSPS) is 23.1. The molecule has 1 N–H and O–H groups in total. The first-order valence-corrected chi connectivity index (χ1v) is 5.20. The van der Waals surface area contributed by atoms with E-state index >= 15 is 0 Å². The summed E-state index contributed by atoms with van der Waals surface area (Å²) in [6.07, 6.45) is 5.35. The third kappa shape index (κ3) is 1.29. The van der Waals surface area contributed by atoms with Crippen molar-refractivity contribution in [1.82, 2.24) is 0 Å². The summed E-state index contributed by atoms with van der Waals surface area (Å²) in [5.74, 6) is 0.773. The maximum absolute atomic E-state index is 9.84. The number of allylic oxidation sites excluding steroid dienone is 3. The molecule has 2 nitrogen and oxygen atoms in total. The molecule has 1 aliphatic heterocycles. The molecule has 0 amide bonds. The highest BCUT2D eigenvalue weighted by atomic mass is 16.6. The van der Waals surface area contributed by atoms with Gasteiger partial charge < -0.3 is 9.84 Å². The molecule has 1 unspecified atom stereocenters. The Labute approximate surface area is 88.5 Å². The lowest BCUT2D eigenvalue weighted by molar-refractivity contribution is 0.00966. The number of rotatable bonds is 0. The summed E-state index contributed by atoms with van der Waals surface area (Å²) in [6, 6.07) is 7.84. The number of para-hydroxylation sites is 1. The van der Waals surface area contributed by atoms with Crippen LogP contribution in [0.1, 0.15) is 18.4 Å². The molecule has 3 rings (SSSR count). The Kier molecular flexibility index (Phi) is 1.89. The maximum atomic E-state index is 9.84. The van der Waals surface area contributed by atoms with Crippen LogP contribution in [0.5, 0.6) is 5.75 Å². The molecule has 0 bridgehead atoms. The number of benzene rings is 1. The van der Waals surface area contributed by atoms with E-state index < -0.39 is 6.29 Å². The van der Waals surface area contributed by atoms with Crippen LogP contribution in [-0.2, 0) is 0 Å². The van der Waals surface area contributed by atoms with Crippen LogP contribution < -0.4 is 4.74 Å². The minimum atomic E-state index is -0.764. The summed E-state index contributed by atoms with van der Waals surface area (Å²) in [5, 5.41) is 9.84. The van der Waals surface area contributed by atoms with Crippen molar-refractivity contribution in [2.75, 3.05) is 0 Å². The molecule has 15 heavy (non-hydrogen) atoms. The van der Waals surface area contributed by atoms with Crippen LogP contribution in [0.2, 0.25) is 0 Å². The molecule has 76 valence electrons. The van der Waals surface area contributed by atoms with Crippen molar-refractivity contribution in [3.8, 4) is 5.75 Å². The van der Waals surface area contributed by atoms with Gasteiger partial charge in [-0.05, 0) is 24.5 Å². The van der Waals surface area contributed by atoms with E-state index in [1.165, 1.54) is 0 Å². The Hall–Kier alpha value is -1.54. The summed E-state index contributed by atoms with van der Waals surface area (Å²) in [6.45, 7) is 0. The molecule has 2 heteroatoms. The van der Waals surface area contributed by atoms with Crippen molar-refractivity contribution in [1.29, 1.82) is 0 Å². The van der Waals surface area contributed by atoms with E-state index in [4.69, 9.17) is 4.74 Å². The minimum absolute atomic E-state index is 0.764. The van der Waals surface area contributed by atoms with Gasteiger partial charge in [0.1, 0.15) is 5.75 Å². The molecule has 1 aliphatic carbocycles. The maximum Gasteiger partial charge on any atom is 0.221 e. The second-order valence-electron chi connectivity index (χ2n) is 3.85. The Morgan fingerprint density at radius 1 is 1.27 bits per heavy atom. The van der Waals surface area contributed by atoms with Gasteiger partial charge in [0.05, 0.1) is 0 Å². The van der Waals surface area contributed by atoms with E-state index in [2.05, 4.69) is 12.2 Å². The number of fused-ring (bicyclic) bond motifs is 2. The van der Waals surface area contributed by atoms with Gasteiger partial charge in [-0.3, -0.25) is 0 Å². The second kappa shape index (κ2) is 3.24.